The number of nitrogens with zero attached hydrogens (tertiary/aromatic N) is 1. The van der Waals surface area contributed by atoms with Crippen LogP contribution in [0.2, 0.25) is 0 Å². The summed E-state index contributed by atoms with van der Waals surface area (Å²) in [4.78, 5) is 17.6. The number of ether oxygens (including phenoxy) is 1. The van der Waals surface area contributed by atoms with Crippen LogP contribution >= 0.6 is 0 Å². The minimum atomic E-state index is 0.176. The number of piperidine rings is 1. The minimum absolute atomic E-state index is 0.176. The predicted molar refractivity (Wildman–Crippen MR) is 70.7 cm³/mol. The van der Waals surface area contributed by atoms with Crippen LogP contribution in [-0.2, 0) is 14.4 Å². The molecule has 1 fully saturated rings. The van der Waals surface area contributed by atoms with Crippen molar-refractivity contribution in [3.63, 3.8) is 0 Å². The second kappa shape index (κ2) is 10.1. The Morgan fingerprint density at radius 2 is 2.00 bits per heavy atom. The maximum atomic E-state index is 11.8. The summed E-state index contributed by atoms with van der Waals surface area (Å²) in [5.41, 5.74) is 5.80. The molecule has 0 saturated carbocycles. The zero-order valence-corrected chi connectivity index (χ0v) is 11.3. The average molecular weight is 275 g/mol. The molecule has 0 aromatic heterocycles. The lowest BCUT2D eigenvalue weighted by Crippen LogP contribution is -2.43. The average Bonchev–Trinajstić information content (AvgIpc) is 2.42. The molecule has 1 rings (SSSR count). The van der Waals surface area contributed by atoms with Gasteiger partial charge < -0.3 is 20.7 Å². The van der Waals surface area contributed by atoms with Gasteiger partial charge in [0.25, 0.3) is 0 Å². The standard InChI is InChI=1S/C12H25N3O4/c13-11-2-6-15(7-3-11)12(16)1-4-14-5-8-18-9-10-19-17/h11,14,17H,1-10,13H2. The summed E-state index contributed by atoms with van der Waals surface area (Å²) in [6.07, 6.45) is 2.31. The van der Waals surface area contributed by atoms with Crippen LogP contribution in [0.5, 0.6) is 0 Å². The zero-order valence-electron chi connectivity index (χ0n) is 11.3. The second-order valence-corrected chi connectivity index (χ2v) is 4.66. The van der Waals surface area contributed by atoms with Crippen molar-refractivity contribution in [3.8, 4) is 0 Å². The molecule has 0 spiro atoms. The highest BCUT2D eigenvalue weighted by atomic mass is 17.1. The normalized spacial score (nSPS) is 16.8. The number of likely N-dealkylation sites (tertiary alicyclic amines) is 1. The number of rotatable bonds is 9. The van der Waals surface area contributed by atoms with Crippen LogP contribution in [0, 0.1) is 0 Å². The molecule has 1 aliphatic rings. The van der Waals surface area contributed by atoms with Crippen LogP contribution < -0.4 is 11.1 Å². The van der Waals surface area contributed by atoms with E-state index in [4.69, 9.17) is 15.7 Å². The summed E-state index contributed by atoms with van der Waals surface area (Å²) < 4.78 is 5.15. The third-order valence-electron chi connectivity index (χ3n) is 3.15. The molecule has 0 unspecified atom stereocenters. The fraction of sp³-hybridized carbons (Fsp3) is 0.917. The number of hydrogen-bond donors (Lipinski definition) is 3. The molecular weight excluding hydrogens is 250 g/mol. The van der Waals surface area contributed by atoms with Crippen molar-refractivity contribution in [3.05, 3.63) is 0 Å². The van der Waals surface area contributed by atoms with Crippen molar-refractivity contribution < 1.29 is 19.7 Å². The molecule has 1 aliphatic heterocycles. The van der Waals surface area contributed by atoms with Crippen molar-refractivity contribution in [2.45, 2.75) is 25.3 Å². The number of hydrogen-bond acceptors (Lipinski definition) is 6. The van der Waals surface area contributed by atoms with Gasteiger partial charge in [0.05, 0.1) is 13.2 Å². The van der Waals surface area contributed by atoms with E-state index in [2.05, 4.69) is 10.2 Å². The van der Waals surface area contributed by atoms with Gasteiger partial charge in [0.15, 0.2) is 0 Å². The van der Waals surface area contributed by atoms with Gasteiger partial charge in [0.2, 0.25) is 5.91 Å². The van der Waals surface area contributed by atoms with Crippen molar-refractivity contribution >= 4 is 5.91 Å². The van der Waals surface area contributed by atoms with Gasteiger partial charge in [0, 0.05) is 38.6 Å². The van der Waals surface area contributed by atoms with Crippen molar-refractivity contribution in [2.24, 2.45) is 5.73 Å². The molecule has 0 aliphatic carbocycles. The molecule has 4 N–H and O–H groups in total. The lowest BCUT2D eigenvalue weighted by Gasteiger charge is -2.30. The van der Waals surface area contributed by atoms with E-state index >= 15 is 0 Å². The number of carbonyl (C=O) groups excluding carboxylic acids is 1. The van der Waals surface area contributed by atoms with Gasteiger partial charge in [-0.05, 0) is 12.8 Å². The molecule has 0 radical (unpaired) electrons. The quantitative estimate of drug-likeness (QED) is 0.296. The van der Waals surface area contributed by atoms with E-state index in [1.807, 2.05) is 4.90 Å². The molecule has 0 bridgehead atoms. The van der Waals surface area contributed by atoms with Crippen molar-refractivity contribution in [2.75, 3.05) is 46.0 Å². The zero-order chi connectivity index (χ0) is 13.9. The van der Waals surface area contributed by atoms with Gasteiger partial charge >= 0.3 is 0 Å². The highest BCUT2D eigenvalue weighted by Crippen LogP contribution is 2.08. The largest absolute Gasteiger partial charge is 0.378 e. The number of nitrogens with two attached hydrogens (primary N) is 1. The smallest absolute Gasteiger partial charge is 0.223 e. The van der Waals surface area contributed by atoms with E-state index in [1.54, 1.807) is 0 Å². The van der Waals surface area contributed by atoms with Crippen LogP contribution in [0.25, 0.3) is 0 Å². The SMILES string of the molecule is NC1CCN(C(=O)CCNCCOCCOO)CC1. The summed E-state index contributed by atoms with van der Waals surface area (Å²) in [5.74, 6) is 0.189. The van der Waals surface area contributed by atoms with Gasteiger partial charge in [0.1, 0.15) is 6.61 Å². The Hall–Kier alpha value is -0.730. The molecule has 0 aromatic rings. The highest BCUT2D eigenvalue weighted by Gasteiger charge is 2.19. The van der Waals surface area contributed by atoms with Crippen LogP contribution in [0.1, 0.15) is 19.3 Å². The first-order valence-corrected chi connectivity index (χ1v) is 6.82. The first-order chi connectivity index (χ1) is 9.24. The lowest BCUT2D eigenvalue weighted by atomic mass is 10.1. The summed E-state index contributed by atoms with van der Waals surface area (Å²) in [6.45, 7) is 3.98. The number of amides is 1. The monoisotopic (exact) mass is 275 g/mol. The molecule has 19 heavy (non-hydrogen) atoms. The fourth-order valence-electron chi connectivity index (χ4n) is 1.97. The summed E-state index contributed by atoms with van der Waals surface area (Å²) in [5, 5.41) is 11.2. The van der Waals surface area contributed by atoms with Crippen LogP contribution in [0.15, 0.2) is 0 Å². The lowest BCUT2D eigenvalue weighted by molar-refractivity contribution is -0.249. The topological polar surface area (TPSA) is 97.1 Å². The fourth-order valence-corrected chi connectivity index (χ4v) is 1.97. The maximum absolute atomic E-state index is 11.8. The Kier molecular flexibility index (Phi) is 8.68. The van der Waals surface area contributed by atoms with E-state index in [0.717, 1.165) is 25.9 Å². The Balaban J connectivity index is 1.93. The molecule has 1 saturated heterocycles. The molecule has 0 aromatic carbocycles. The third kappa shape index (κ3) is 7.44. The first-order valence-electron chi connectivity index (χ1n) is 6.82. The Morgan fingerprint density at radius 3 is 2.68 bits per heavy atom. The minimum Gasteiger partial charge on any atom is -0.378 e. The van der Waals surface area contributed by atoms with E-state index in [-0.39, 0.29) is 18.6 Å². The highest BCUT2D eigenvalue weighted by molar-refractivity contribution is 5.76. The van der Waals surface area contributed by atoms with E-state index in [0.29, 0.717) is 32.7 Å². The molecule has 7 nitrogen and oxygen atoms in total. The van der Waals surface area contributed by atoms with Crippen LogP contribution in [0.3, 0.4) is 0 Å². The summed E-state index contributed by atoms with van der Waals surface area (Å²) >= 11 is 0. The predicted octanol–water partition coefficient (Wildman–Crippen LogP) is -0.578. The first kappa shape index (κ1) is 16.3. The van der Waals surface area contributed by atoms with Crippen molar-refractivity contribution in [1.29, 1.82) is 0 Å². The van der Waals surface area contributed by atoms with Crippen LogP contribution in [0.4, 0.5) is 0 Å². The number of carbonyl (C=O) groups is 1. The van der Waals surface area contributed by atoms with Gasteiger partial charge in [-0.15, -0.1) is 0 Å². The molecule has 112 valence electrons. The molecule has 7 heteroatoms. The Morgan fingerprint density at radius 1 is 1.26 bits per heavy atom. The molecule has 1 heterocycles. The Bertz CT molecular complexity index is 245. The van der Waals surface area contributed by atoms with Gasteiger partial charge in [-0.2, -0.15) is 0 Å². The summed E-state index contributed by atoms with van der Waals surface area (Å²) in [6, 6.07) is 0.252. The van der Waals surface area contributed by atoms with E-state index < -0.39 is 0 Å². The van der Waals surface area contributed by atoms with E-state index in [9.17, 15) is 4.79 Å². The molecular formula is C12H25N3O4. The second-order valence-electron chi connectivity index (χ2n) is 4.66. The maximum Gasteiger partial charge on any atom is 0.223 e. The van der Waals surface area contributed by atoms with Gasteiger partial charge in [-0.3, -0.25) is 10.1 Å². The molecule has 0 atom stereocenters. The third-order valence-corrected chi connectivity index (χ3v) is 3.15. The summed E-state index contributed by atoms with van der Waals surface area (Å²) in [7, 11) is 0. The Labute approximate surface area is 114 Å². The van der Waals surface area contributed by atoms with Gasteiger partial charge in [-0.1, -0.05) is 0 Å². The molecule has 1 amide bonds. The van der Waals surface area contributed by atoms with Crippen molar-refractivity contribution in [1.82, 2.24) is 10.2 Å². The van der Waals surface area contributed by atoms with Crippen LogP contribution in [-0.4, -0.2) is 68.1 Å². The van der Waals surface area contributed by atoms with Gasteiger partial charge in [-0.25, -0.2) is 4.89 Å². The number of nitrogens with one attached hydrogen (secondary N) is 1. The van der Waals surface area contributed by atoms with E-state index in [1.165, 1.54) is 0 Å².